The first-order chi connectivity index (χ1) is 12.7. The standard InChI is InChI=1S/C22H25NO3/c24-20-12-6-11-17-18(20)13-14-19(17)23-22(25)21(15-7-2-1-3-8-15)26-16-9-4-5-10-16/h1-3,6-8,11-12,16,19,21,24H,4-5,9-10,13-14H2,(H,23,25). The number of benzene rings is 2. The maximum Gasteiger partial charge on any atom is 0.254 e. The second-order valence-corrected chi connectivity index (χ2v) is 7.28. The van der Waals surface area contributed by atoms with Gasteiger partial charge >= 0.3 is 0 Å². The number of hydrogen-bond donors (Lipinski definition) is 2. The number of aromatic hydroxyl groups is 1. The normalized spacial score (nSPS) is 20.7. The smallest absolute Gasteiger partial charge is 0.254 e. The quantitative estimate of drug-likeness (QED) is 0.849. The van der Waals surface area contributed by atoms with Crippen LogP contribution in [0, 0.1) is 0 Å². The lowest BCUT2D eigenvalue weighted by Gasteiger charge is -2.24. The number of rotatable bonds is 5. The van der Waals surface area contributed by atoms with Gasteiger partial charge in [0.25, 0.3) is 5.91 Å². The maximum atomic E-state index is 13.1. The number of ether oxygens (including phenoxy) is 1. The van der Waals surface area contributed by atoms with Crippen molar-refractivity contribution in [3.05, 3.63) is 65.2 Å². The van der Waals surface area contributed by atoms with Gasteiger partial charge in [-0.1, -0.05) is 55.3 Å². The van der Waals surface area contributed by atoms with Crippen LogP contribution in [0.25, 0.3) is 0 Å². The van der Waals surface area contributed by atoms with Crippen molar-refractivity contribution in [2.75, 3.05) is 0 Å². The molecular weight excluding hydrogens is 326 g/mol. The molecule has 2 atom stereocenters. The molecule has 4 nitrogen and oxygen atoms in total. The van der Waals surface area contributed by atoms with Gasteiger partial charge in [0.05, 0.1) is 12.1 Å². The van der Waals surface area contributed by atoms with Crippen LogP contribution in [-0.2, 0) is 16.0 Å². The average molecular weight is 351 g/mol. The van der Waals surface area contributed by atoms with Gasteiger partial charge in [-0.2, -0.15) is 0 Å². The van der Waals surface area contributed by atoms with Gasteiger partial charge in [-0.25, -0.2) is 0 Å². The lowest BCUT2D eigenvalue weighted by Crippen LogP contribution is -2.34. The highest BCUT2D eigenvalue weighted by atomic mass is 16.5. The molecule has 136 valence electrons. The highest BCUT2D eigenvalue weighted by Gasteiger charge is 2.31. The van der Waals surface area contributed by atoms with Crippen LogP contribution >= 0.6 is 0 Å². The summed E-state index contributed by atoms with van der Waals surface area (Å²) >= 11 is 0. The summed E-state index contributed by atoms with van der Waals surface area (Å²) in [5, 5.41) is 13.2. The van der Waals surface area contributed by atoms with Crippen LogP contribution in [0.3, 0.4) is 0 Å². The molecule has 2 N–H and O–H groups in total. The summed E-state index contributed by atoms with van der Waals surface area (Å²) < 4.78 is 6.22. The fraction of sp³-hybridized carbons (Fsp3) is 0.409. The Hall–Kier alpha value is -2.33. The topological polar surface area (TPSA) is 58.6 Å². The zero-order valence-electron chi connectivity index (χ0n) is 14.9. The van der Waals surface area contributed by atoms with Crippen LogP contribution in [-0.4, -0.2) is 17.1 Å². The first kappa shape index (κ1) is 17.1. The Balaban J connectivity index is 1.53. The summed E-state index contributed by atoms with van der Waals surface area (Å²) in [7, 11) is 0. The molecule has 0 aliphatic heterocycles. The first-order valence-electron chi connectivity index (χ1n) is 9.54. The number of fused-ring (bicyclic) bond motifs is 1. The van der Waals surface area contributed by atoms with Crippen molar-refractivity contribution in [2.24, 2.45) is 0 Å². The molecule has 0 spiro atoms. The Labute approximate surface area is 154 Å². The molecule has 0 radical (unpaired) electrons. The van der Waals surface area contributed by atoms with Gasteiger partial charge in [0.2, 0.25) is 0 Å². The summed E-state index contributed by atoms with van der Waals surface area (Å²) in [6.45, 7) is 0. The third-order valence-electron chi connectivity index (χ3n) is 5.53. The van der Waals surface area contributed by atoms with Gasteiger partial charge < -0.3 is 15.2 Å². The monoisotopic (exact) mass is 351 g/mol. The molecular formula is C22H25NO3. The number of carbonyl (C=O) groups is 1. The molecule has 26 heavy (non-hydrogen) atoms. The fourth-order valence-electron chi connectivity index (χ4n) is 4.17. The van der Waals surface area contributed by atoms with Gasteiger partial charge in [0.15, 0.2) is 6.10 Å². The molecule has 0 saturated heterocycles. The zero-order chi connectivity index (χ0) is 17.9. The second kappa shape index (κ2) is 7.50. The third kappa shape index (κ3) is 3.47. The summed E-state index contributed by atoms with van der Waals surface area (Å²) in [6, 6.07) is 15.2. The van der Waals surface area contributed by atoms with E-state index >= 15 is 0 Å². The minimum absolute atomic E-state index is 0.0667. The van der Waals surface area contributed by atoms with E-state index in [1.807, 2.05) is 42.5 Å². The molecule has 2 aliphatic carbocycles. The van der Waals surface area contributed by atoms with E-state index in [4.69, 9.17) is 4.74 Å². The number of hydrogen-bond acceptors (Lipinski definition) is 3. The lowest BCUT2D eigenvalue weighted by atomic mass is 10.1. The molecule has 2 aliphatic rings. The zero-order valence-corrected chi connectivity index (χ0v) is 14.9. The summed E-state index contributed by atoms with van der Waals surface area (Å²) in [4.78, 5) is 13.1. The third-order valence-corrected chi connectivity index (χ3v) is 5.53. The predicted molar refractivity (Wildman–Crippen MR) is 99.8 cm³/mol. The van der Waals surface area contributed by atoms with Crippen molar-refractivity contribution in [1.82, 2.24) is 5.32 Å². The molecule has 2 aromatic carbocycles. The Bertz CT molecular complexity index is 768. The number of phenolic OH excluding ortho intramolecular Hbond substituents is 1. The van der Waals surface area contributed by atoms with Crippen molar-refractivity contribution in [3.8, 4) is 5.75 Å². The predicted octanol–water partition coefficient (Wildman–Crippen LogP) is 4.20. The van der Waals surface area contributed by atoms with Crippen molar-refractivity contribution >= 4 is 5.91 Å². The summed E-state index contributed by atoms with van der Waals surface area (Å²) in [6.07, 6.45) is 5.56. The van der Waals surface area contributed by atoms with Gasteiger partial charge in [0, 0.05) is 0 Å². The largest absolute Gasteiger partial charge is 0.508 e. The maximum absolute atomic E-state index is 13.1. The molecule has 4 heteroatoms. The van der Waals surface area contributed by atoms with E-state index in [1.165, 1.54) is 12.8 Å². The molecule has 1 amide bonds. The van der Waals surface area contributed by atoms with Crippen LogP contribution in [0.2, 0.25) is 0 Å². The fourth-order valence-corrected chi connectivity index (χ4v) is 4.17. The number of nitrogens with one attached hydrogen (secondary N) is 1. The molecule has 4 rings (SSSR count). The highest BCUT2D eigenvalue weighted by Crippen LogP contribution is 2.37. The molecule has 0 aromatic heterocycles. The average Bonchev–Trinajstić information content (AvgIpc) is 3.31. The van der Waals surface area contributed by atoms with E-state index in [0.29, 0.717) is 5.75 Å². The van der Waals surface area contributed by atoms with Crippen molar-refractivity contribution < 1.29 is 14.6 Å². The second-order valence-electron chi connectivity index (χ2n) is 7.28. The Morgan fingerprint density at radius 3 is 2.58 bits per heavy atom. The molecule has 1 saturated carbocycles. The minimum Gasteiger partial charge on any atom is -0.508 e. The summed E-state index contributed by atoms with van der Waals surface area (Å²) in [5.41, 5.74) is 2.86. The number of carbonyl (C=O) groups excluding carboxylic acids is 1. The lowest BCUT2D eigenvalue weighted by molar-refractivity contribution is -0.138. The van der Waals surface area contributed by atoms with E-state index in [2.05, 4.69) is 5.32 Å². The number of phenols is 1. The van der Waals surface area contributed by atoms with Gasteiger partial charge in [-0.15, -0.1) is 0 Å². The molecule has 0 heterocycles. The molecule has 2 aromatic rings. The highest BCUT2D eigenvalue weighted by molar-refractivity contribution is 5.83. The van der Waals surface area contributed by atoms with Crippen LogP contribution < -0.4 is 5.32 Å². The van der Waals surface area contributed by atoms with Crippen LogP contribution in [0.15, 0.2) is 48.5 Å². The van der Waals surface area contributed by atoms with Crippen LogP contribution in [0.5, 0.6) is 5.75 Å². The van der Waals surface area contributed by atoms with E-state index in [9.17, 15) is 9.90 Å². The van der Waals surface area contributed by atoms with Crippen molar-refractivity contribution in [3.63, 3.8) is 0 Å². The van der Waals surface area contributed by atoms with Gasteiger partial charge in [-0.05, 0) is 48.4 Å². The summed E-state index contributed by atoms with van der Waals surface area (Å²) in [5.74, 6) is 0.227. The molecule has 2 unspecified atom stereocenters. The van der Waals surface area contributed by atoms with Gasteiger partial charge in [-0.3, -0.25) is 4.79 Å². The molecule has 0 bridgehead atoms. The Morgan fingerprint density at radius 1 is 1.04 bits per heavy atom. The van der Waals surface area contributed by atoms with E-state index in [-0.39, 0.29) is 18.1 Å². The van der Waals surface area contributed by atoms with Crippen molar-refractivity contribution in [1.29, 1.82) is 0 Å². The molecule has 1 fully saturated rings. The van der Waals surface area contributed by atoms with Gasteiger partial charge in [0.1, 0.15) is 5.75 Å². The minimum atomic E-state index is -0.583. The van der Waals surface area contributed by atoms with Crippen LogP contribution in [0.1, 0.15) is 60.9 Å². The first-order valence-corrected chi connectivity index (χ1v) is 9.54. The van der Waals surface area contributed by atoms with Crippen LogP contribution in [0.4, 0.5) is 0 Å². The number of amides is 1. The van der Waals surface area contributed by atoms with E-state index in [0.717, 1.165) is 42.4 Å². The Morgan fingerprint density at radius 2 is 1.81 bits per heavy atom. The van der Waals surface area contributed by atoms with Crippen molar-refractivity contribution in [2.45, 2.75) is 56.8 Å². The van der Waals surface area contributed by atoms with E-state index in [1.54, 1.807) is 6.07 Å². The SMILES string of the molecule is O=C(NC1CCc2c(O)cccc21)C(OC1CCCC1)c1ccccc1. The Kier molecular flexibility index (Phi) is 4.93. The van der Waals surface area contributed by atoms with E-state index < -0.39 is 6.10 Å².